The van der Waals surface area contributed by atoms with Crippen LogP contribution in [0.3, 0.4) is 0 Å². The predicted octanol–water partition coefficient (Wildman–Crippen LogP) is 4.83. The third-order valence-electron chi connectivity index (χ3n) is 2.69. The number of halogens is 3. The van der Waals surface area contributed by atoms with Gasteiger partial charge in [0.05, 0.1) is 21.1 Å². The smallest absolute Gasteiger partial charge is 0.255 e. The Morgan fingerprint density at radius 2 is 1.86 bits per heavy atom. The Morgan fingerprint density at radius 3 is 2.38 bits per heavy atom. The molecule has 0 aliphatic rings. The van der Waals surface area contributed by atoms with Crippen molar-refractivity contribution < 1.29 is 14.6 Å². The number of rotatable bonds is 3. The number of aromatic hydroxyl groups is 1. The van der Waals surface area contributed by atoms with Gasteiger partial charge in [-0.3, -0.25) is 4.79 Å². The van der Waals surface area contributed by atoms with Gasteiger partial charge in [0.15, 0.2) is 0 Å². The first-order valence-corrected chi connectivity index (χ1v) is 7.71. The lowest BCUT2D eigenvalue weighted by Gasteiger charge is -2.09. The van der Waals surface area contributed by atoms with E-state index in [2.05, 4.69) is 37.2 Å². The number of phenolic OH excluding ortho intramolecular Hbond substituents is 1. The lowest BCUT2D eigenvalue weighted by Crippen LogP contribution is -2.12. The van der Waals surface area contributed by atoms with Gasteiger partial charge in [-0.05, 0) is 62.2 Å². The molecule has 0 atom stereocenters. The van der Waals surface area contributed by atoms with Crippen LogP contribution in [0.5, 0.6) is 11.5 Å². The number of phenols is 1. The highest BCUT2D eigenvalue weighted by Crippen LogP contribution is 2.35. The molecule has 2 aromatic rings. The van der Waals surface area contributed by atoms with Gasteiger partial charge in [-0.15, -0.1) is 0 Å². The molecule has 0 bridgehead atoms. The van der Waals surface area contributed by atoms with E-state index in [0.29, 0.717) is 31.0 Å². The number of carbonyl (C=O) groups excluding carboxylic acids is 1. The van der Waals surface area contributed by atoms with Crippen LogP contribution in [0, 0.1) is 0 Å². The monoisotopic (exact) mass is 433 g/mol. The van der Waals surface area contributed by atoms with Crippen LogP contribution < -0.4 is 10.1 Å². The van der Waals surface area contributed by atoms with Gasteiger partial charge in [0, 0.05) is 11.3 Å². The van der Waals surface area contributed by atoms with Crippen molar-refractivity contribution in [1.29, 1.82) is 0 Å². The number of methoxy groups -OCH3 is 1. The third-order valence-corrected chi connectivity index (χ3v) is 4.19. The summed E-state index contributed by atoms with van der Waals surface area (Å²) in [4.78, 5) is 12.2. The fourth-order valence-electron chi connectivity index (χ4n) is 1.65. The van der Waals surface area contributed by atoms with Crippen LogP contribution in [-0.2, 0) is 0 Å². The van der Waals surface area contributed by atoms with Crippen LogP contribution in [0.4, 0.5) is 5.69 Å². The number of nitrogens with one attached hydrogen (secondary N) is 1. The number of anilines is 1. The summed E-state index contributed by atoms with van der Waals surface area (Å²) in [5, 5.41) is 12.7. The van der Waals surface area contributed by atoms with E-state index in [0.717, 1.165) is 0 Å². The fraction of sp³-hybridized carbons (Fsp3) is 0.0714. The molecular weight excluding hydrogens is 425 g/mol. The molecule has 0 radical (unpaired) electrons. The Labute approximate surface area is 143 Å². The number of hydrogen-bond donors (Lipinski definition) is 2. The van der Waals surface area contributed by atoms with Crippen molar-refractivity contribution in [3.05, 3.63) is 49.9 Å². The number of amides is 1. The maximum atomic E-state index is 12.2. The molecule has 0 saturated carbocycles. The number of ether oxygens (including phenoxy) is 1. The topological polar surface area (TPSA) is 58.6 Å². The summed E-state index contributed by atoms with van der Waals surface area (Å²) in [6.07, 6.45) is 0. The quantitative estimate of drug-likeness (QED) is 0.679. The highest BCUT2D eigenvalue weighted by molar-refractivity contribution is 9.11. The van der Waals surface area contributed by atoms with E-state index in [9.17, 15) is 9.90 Å². The minimum atomic E-state index is -0.316. The molecule has 0 saturated heterocycles. The largest absolute Gasteiger partial charge is 0.506 e. The molecule has 0 heterocycles. The van der Waals surface area contributed by atoms with Gasteiger partial charge in [-0.1, -0.05) is 11.6 Å². The van der Waals surface area contributed by atoms with Crippen LogP contribution in [0.15, 0.2) is 39.3 Å². The highest BCUT2D eigenvalue weighted by atomic mass is 79.9. The summed E-state index contributed by atoms with van der Waals surface area (Å²) < 4.78 is 5.98. The standard InChI is InChI=1S/C14H10Br2ClNO3/c1-21-12-3-2-7(4-11(12)17)14(20)18-8-5-9(15)13(19)10(16)6-8/h2-6,19H,1H3,(H,18,20). The van der Waals surface area contributed by atoms with Crippen molar-refractivity contribution in [2.24, 2.45) is 0 Å². The van der Waals surface area contributed by atoms with Gasteiger partial charge in [0.1, 0.15) is 11.5 Å². The van der Waals surface area contributed by atoms with Crippen LogP contribution in [0.25, 0.3) is 0 Å². The molecule has 2 N–H and O–H groups in total. The van der Waals surface area contributed by atoms with Crippen LogP contribution in [0.2, 0.25) is 5.02 Å². The van der Waals surface area contributed by atoms with Gasteiger partial charge in [-0.2, -0.15) is 0 Å². The molecule has 110 valence electrons. The van der Waals surface area contributed by atoms with Gasteiger partial charge < -0.3 is 15.2 Å². The zero-order valence-electron chi connectivity index (χ0n) is 10.8. The number of carbonyl (C=O) groups is 1. The highest BCUT2D eigenvalue weighted by Gasteiger charge is 2.12. The predicted molar refractivity (Wildman–Crippen MR) is 89.5 cm³/mol. The minimum absolute atomic E-state index is 0.0699. The first-order chi connectivity index (χ1) is 9.92. The van der Waals surface area contributed by atoms with Crippen molar-refractivity contribution in [2.75, 3.05) is 12.4 Å². The van der Waals surface area contributed by atoms with Gasteiger partial charge >= 0.3 is 0 Å². The molecule has 0 aromatic heterocycles. The van der Waals surface area contributed by atoms with Crippen molar-refractivity contribution in [1.82, 2.24) is 0 Å². The maximum absolute atomic E-state index is 12.2. The molecular formula is C14H10Br2ClNO3. The lowest BCUT2D eigenvalue weighted by molar-refractivity contribution is 0.102. The second-order valence-electron chi connectivity index (χ2n) is 4.09. The van der Waals surface area contributed by atoms with E-state index in [1.807, 2.05) is 0 Å². The second-order valence-corrected chi connectivity index (χ2v) is 6.21. The number of hydrogen-bond acceptors (Lipinski definition) is 3. The SMILES string of the molecule is COc1ccc(C(=O)Nc2cc(Br)c(O)c(Br)c2)cc1Cl. The summed E-state index contributed by atoms with van der Waals surface area (Å²) in [5.74, 6) is 0.257. The molecule has 21 heavy (non-hydrogen) atoms. The molecule has 1 amide bonds. The molecule has 2 aromatic carbocycles. The Bertz CT molecular complexity index is 684. The van der Waals surface area contributed by atoms with Crippen molar-refractivity contribution >= 4 is 55.1 Å². The van der Waals surface area contributed by atoms with Crippen LogP contribution in [-0.4, -0.2) is 18.1 Å². The molecule has 0 unspecified atom stereocenters. The molecule has 4 nitrogen and oxygen atoms in total. The first kappa shape index (κ1) is 16.1. The van der Waals surface area contributed by atoms with Crippen LogP contribution in [0.1, 0.15) is 10.4 Å². The summed E-state index contributed by atoms with van der Waals surface area (Å²) in [5.41, 5.74) is 0.935. The number of benzene rings is 2. The van der Waals surface area contributed by atoms with E-state index in [1.54, 1.807) is 24.3 Å². The fourth-order valence-corrected chi connectivity index (χ4v) is 3.09. The minimum Gasteiger partial charge on any atom is -0.506 e. The molecule has 0 aliphatic heterocycles. The summed E-state index contributed by atoms with van der Waals surface area (Å²) in [6.45, 7) is 0. The zero-order valence-corrected chi connectivity index (χ0v) is 14.7. The third kappa shape index (κ3) is 3.70. The van der Waals surface area contributed by atoms with Gasteiger partial charge in [0.2, 0.25) is 0 Å². The average Bonchev–Trinajstić information content (AvgIpc) is 2.44. The summed E-state index contributed by atoms with van der Waals surface area (Å²) >= 11 is 12.4. The molecule has 7 heteroatoms. The molecule has 0 spiro atoms. The van der Waals surface area contributed by atoms with E-state index in [1.165, 1.54) is 13.2 Å². The average molecular weight is 435 g/mol. The normalized spacial score (nSPS) is 10.3. The zero-order chi connectivity index (χ0) is 15.6. The Hall–Kier alpha value is -1.24. The van der Waals surface area contributed by atoms with E-state index >= 15 is 0 Å². The second kappa shape index (κ2) is 6.68. The van der Waals surface area contributed by atoms with Crippen LogP contribution >= 0.6 is 43.5 Å². The van der Waals surface area contributed by atoms with Gasteiger partial charge in [-0.25, -0.2) is 0 Å². The lowest BCUT2D eigenvalue weighted by atomic mass is 10.2. The Balaban J connectivity index is 2.24. The van der Waals surface area contributed by atoms with Crippen molar-refractivity contribution in [3.8, 4) is 11.5 Å². The van der Waals surface area contributed by atoms with Crippen molar-refractivity contribution in [3.63, 3.8) is 0 Å². The summed E-state index contributed by atoms with van der Waals surface area (Å²) in [7, 11) is 1.51. The first-order valence-electron chi connectivity index (χ1n) is 5.75. The molecule has 0 aliphatic carbocycles. The van der Waals surface area contributed by atoms with E-state index in [4.69, 9.17) is 16.3 Å². The van der Waals surface area contributed by atoms with Crippen molar-refractivity contribution in [2.45, 2.75) is 0 Å². The van der Waals surface area contributed by atoms with Gasteiger partial charge in [0.25, 0.3) is 5.91 Å². The Morgan fingerprint density at radius 1 is 1.24 bits per heavy atom. The maximum Gasteiger partial charge on any atom is 0.255 e. The molecule has 2 rings (SSSR count). The van der Waals surface area contributed by atoms with E-state index < -0.39 is 0 Å². The van der Waals surface area contributed by atoms with E-state index in [-0.39, 0.29) is 11.7 Å². The Kier molecular flexibility index (Phi) is 5.13. The summed E-state index contributed by atoms with van der Waals surface area (Å²) in [6, 6.07) is 7.97. The molecule has 0 fully saturated rings.